The monoisotopic (exact) mass is 284 g/mol. The van der Waals surface area contributed by atoms with Crippen LogP contribution in [0.3, 0.4) is 0 Å². The summed E-state index contributed by atoms with van der Waals surface area (Å²) in [5.41, 5.74) is 6.74. The fraction of sp³-hybridized carbons (Fsp3) is 0.538. The van der Waals surface area contributed by atoms with E-state index in [1.165, 1.54) is 15.3 Å². The fourth-order valence-corrected chi connectivity index (χ4v) is 3.28. The first-order valence-corrected chi connectivity index (χ1v) is 7.25. The van der Waals surface area contributed by atoms with E-state index in [1.807, 2.05) is 13.8 Å². The van der Waals surface area contributed by atoms with Gasteiger partial charge in [0, 0.05) is 9.75 Å². The molecule has 3 N–H and O–H groups in total. The zero-order chi connectivity index (χ0) is 13.9. The Kier molecular flexibility index (Phi) is 5.28. The van der Waals surface area contributed by atoms with E-state index in [9.17, 15) is 4.79 Å². The minimum absolute atomic E-state index is 0.00847. The molecule has 100 valence electrons. The number of thiophene rings is 1. The molecule has 0 saturated heterocycles. The highest BCUT2D eigenvalue weighted by atomic mass is 32.1. The molecule has 1 aromatic heterocycles. The molecule has 0 fully saturated rings. The first-order chi connectivity index (χ1) is 8.36. The summed E-state index contributed by atoms with van der Waals surface area (Å²) >= 11 is 6.65. The van der Waals surface area contributed by atoms with Crippen LogP contribution in [0.1, 0.15) is 41.6 Å². The van der Waals surface area contributed by atoms with E-state index in [0.717, 1.165) is 0 Å². The van der Waals surface area contributed by atoms with Crippen LogP contribution >= 0.6 is 23.6 Å². The number of nitrogens with two attached hydrogens (primary N) is 1. The number of amides is 1. The Labute approximate surface area is 118 Å². The summed E-state index contributed by atoms with van der Waals surface area (Å²) in [5.74, 6) is -0.455. The van der Waals surface area contributed by atoms with E-state index in [4.69, 9.17) is 18.0 Å². The van der Waals surface area contributed by atoms with Crippen LogP contribution < -0.4 is 11.1 Å². The van der Waals surface area contributed by atoms with Crippen LogP contribution in [0.25, 0.3) is 0 Å². The molecule has 5 heteroatoms. The SMILES string of the molecule is CCC(C(=O)NC(C)c1cc(C)sc1C)C(N)=S. The first-order valence-electron chi connectivity index (χ1n) is 6.03. The lowest BCUT2D eigenvalue weighted by atomic mass is 10.0. The number of thiocarbonyl (C=S) groups is 1. The van der Waals surface area contributed by atoms with E-state index < -0.39 is 0 Å². The third kappa shape index (κ3) is 3.53. The van der Waals surface area contributed by atoms with Gasteiger partial charge in [0.1, 0.15) is 0 Å². The van der Waals surface area contributed by atoms with Crippen molar-refractivity contribution in [2.24, 2.45) is 11.7 Å². The number of carbonyl (C=O) groups excluding carboxylic acids is 1. The molecule has 18 heavy (non-hydrogen) atoms. The largest absolute Gasteiger partial charge is 0.393 e. The minimum Gasteiger partial charge on any atom is -0.393 e. The van der Waals surface area contributed by atoms with Crippen molar-refractivity contribution in [2.75, 3.05) is 0 Å². The molecule has 1 amide bonds. The summed E-state index contributed by atoms with van der Waals surface area (Å²) in [6.45, 7) is 8.03. The summed E-state index contributed by atoms with van der Waals surface area (Å²) in [7, 11) is 0. The van der Waals surface area contributed by atoms with Gasteiger partial charge in [0.15, 0.2) is 0 Å². The molecule has 2 atom stereocenters. The summed E-state index contributed by atoms with van der Waals surface area (Å²) in [4.78, 5) is 14.8. The Morgan fingerprint density at radius 2 is 2.17 bits per heavy atom. The Morgan fingerprint density at radius 1 is 1.56 bits per heavy atom. The van der Waals surface area contributed by atoms with Crippen molar-refractivity contribution in [1.82, 2.24) is 5.32 Å². The van der Waals surface area contributed by atoms with Crippen LogP contribution in [0, 0.1) is 19.8 Å². The van der Waals surface area contributed by atoms with E-state index >= 15 is 0 Å². The highest BCUT2D eigenvalue weighted by molar-refractivity contribution is 7.80. The quantitative estimate of drug-likeness (QED) is 0.818. The normalized spacial score (nSPS) is 14.0. The molecule has 0 aromatic carbocycles. The lowest BCUT2D eigenvalue weighted by Crippen LogP contribution is -2.38. The number of nitrogens with one attached hydrogen (secondary N) is 1. The molecule has 0 aliphatic rings. The number of aryl methyl sites for hydroxylation is 2. The first kappa shape index (κ1) is 15.1. The second-order valence-electron chi connectivity index (χ2n) is 4.46. The maximum atomic E-state index is 12.0. The van der Waals surface area contributed by atoms with Gasteiger partial charge in [0.05, 0.1) is 16.9 Å². The molecule has 0 radical (unpaired) electrons. The van der Waals surface area contributed by atoms with Gasteiger partial charge in [-0.15, -0.1) is 11.3 Å². The van der Waals surface area contributed by atoms with E-state index in [1.54, 1.807) is 11.3 Å². The van der Waals surface area contributed by atoms with Crippen molar-refractivity contribution in [1.29, 1.82) is 0 Å². The van der Waals surface area contributed by atoms with Gasteiger partial charge >= 0.3 is 0 Å². The van der Waals surface area contributed by atoms with Gasteiger partial charge in [0.2, 0.25) is 5.91 Å². The zero-order valence-electron chi connectivity index (χ0n) is 11.2. The Morgan fingerprint density at radius 3 is 2.56 bits per heavy atom. The standard InChI is InChI=1S/C13H20N2OS2/c1-5-10(12(14)17)13(16)15-8(3)11-6-7(2)18-9(11)4/h6,8,10H,5H2,1-4H3,(H2,14,17)(H,15,16). The molecule has 2 unspecified atom stereocenters. The molecule has 0 saturated carbocycles. The highest BCUT2D eigenvalue weighted by Crippen LogP contribution is 2.26. The molecular formula is C13H20N2OS2. The molecule has 1 aromatic rings. The van der Waals surface area contributed by atoms with Gasteiger partial charge in [-0.1, -0.05) is 19.1 Å². The van der Waals surface area contributed by atoms with Crippen LogP contribution in [0.15, 0.2) is 6.07 Å². The van der Waals surface area contributed by atoms with Gasteiger partial charge in [-0.05, 0) is 38.8 Å². The van der Waals surface area contributed by atoms with Crippen LogP contribution in [-0.2, 0) is 4.79 Å². The molecule has 0 bridgehead atoms. The van der Waals surface area contributed by atoms with E-state index in [2.05, 4.69) is 25.2 Å². The average Bonchev–Trinajstić information content (AvgIpc) is 2.58. The molecule has 1 heterocycles. The van der Waals surface area contributed by atoms with Crippen molar-refractivity contribution in [3.63, 3.8) is 0 Å². The van der Waals surface area contributed by atoms with Crippen LogP contribution in [0.2, 0.25) is 0 Å². The maximum absolute atomic E-state index is 12.0. The van der Waals surface area contributed by atoms with Gasteiger partial charge in [-0.2, -0.15) is 0 Å². The third-order valence-corrected chi connectivity index (χ3v) is 4.24. The zero-order valence-corrected chi connectivity index (χ0v) is 12.9. The van der Waals surface area contributed by atoms with Crippen molar-refractivity contribution in [2.45, 2.75) is 40.2 Å². The molecule has 0 spiro atoms. The predicted octanol–water partition coefficient (Wildman–Crippen LogP) is 2.85. The third-order valence-electron chi connectivity index (χ3n) is 2.97. The minimum atomic E-state index is -0.373. The van der Waals surface area contributed by atoms with Crippen molar-refractivity contribution >= 4 is 34.5 Å². The smallest absolute Gasteiger partial charge is 0.230 e. The lowest BCUT2D eigenvalue weighted by Gasteiger charge is -2.18. The van der Waals surface area contributed by atoms with Gasteiger partial charge in [-0.3, -0.25) is 4.79 Å². The lowest BCUT2D eigenvalue weighted by molar-refractivity contribution is -0.123. The molecule has 1 rings (SSSR count). The number of carbonyl (C=O) groups is 1. The van der Waals surface area contributed by atoms with Crippen molar-refractivity contribution in [3.05, 3.63) is 21.4 Å². The Bertz CT molecular complexity index is 454. The van der Waals surface area contributed by atoms with E-state index in [-0.39, 0.29) is 22.9 Å². The summed E-state index contributed by atoms with van der Waals surface area (Å²) < 4.78 is 0. The Hall–Kier alpha value is -0.940. The number of hydrogen-bond acceptors (Lipinski definition) is 3. The predicted molar refractivity (Wildman–Crippen MR) is 80.9 cm³/mol. The molecular weight excluding hydrogens is 264 g/mol. The molecule has 0 aliphatic heterocycles. The van der Waals surface area contributed by atoms with Crippen molar-refractivity contribution in [3.8, 4) is 0 Å². The van der Waals surface area contributed by atoms with E-state index in [0.29, 0.717) is 6.42 Å². The summed E-state index contributed by atoms with van der Waals surface area (Å²) in [6, 6.07) is 2.11. The maximum Gasteiger partial charge on any atom is 0.230 e. The second kappa shape index (κ2) is 6.29. The Balaban J connectivity index is 2.76. The highest BCUT2D eigenvalue weighted by Gasteiger charge is 2.22. The fourth-order valence-electron chi connectivity index (χ4n) is 1.99. The molecule has 0 aliphatic carbocycles. The van der Waals surface area contributed by atoms with Crippen LogP contribution in [0.5, 0.6) is 0 Å². The van der Waals surface area contributed by atoms with Crippen LogP contribution in [0.4, 0.5) is 0 Å². The second-order valence-corrected chi connectivity index (χ2v) is 6.39. The summed E-state index contributed by atoms with van der Waals surface area (Å²) in [5, 5.41) is 2.98. The van der Waals surface area contributed by atoms with Crippen LogP contribution in [-0.4, -0.2) is 10.9 Å². The number of rotatable bonds is 5. The van der Waals surface area contributed by atoms with Gasteiger partial charge < -0.3 is 11.1 Å². The topological polar surface area (TPSA) is 55.1 Å². The molecule has 3 nitrogen and oxygen atoms in total. The van der Waals surface area contributed by atoms with Crippen molar-refractivity contribution < 1.29 is 4.79 Å². The summed E-state index contributed by atoms with van der Waals surface area (Å²) in [6.07, 6.45) is 0.634. The van der Waals surface area contributed by atoms with Gasteiger partial charge in [-0.25, -0.2) is 0 Å². The average molecular weight is 284 g/mol. The number of hydrogen-bond donors (Lipinski definition) is 2. The van der Waals surface area contributed by atoms with Gasteiger partial charge in [0.25, 0.3) is 0 Å².